The molecule has 0 aromatic carbocycles. The first-order valence-corrected chi connectivity index (χ1v) is 14.7. The average Bonchev–Trinajstić information content (AvgIpc) is 3.12. The summed E-state index contributed by atoms with van der Waals surface area (Å²) < 4.78 is 33.4. The molecule has 1 fully saturated rings. The highest BCUT2D eigenvalue weighted by atomic mass is 32.2. The number of sulfonamides is 1. The largest absolute Gasteiger partial charge is 0.444 e. The van der Waals surface area contributed by atoms with Crippen LogP contribution in [0.4, 0.5) is 16.4 Å². The predicted molar refractivity (Wildman–Crippen MR) is 150 cm³/mol. The number of carbonyl (C=O) groups excluding carboxylic acids is 2. The molecule has 11 nitrogen and oxygen atoms in total. The highest BCUT2D eigenvalue weighted by Crippen LogP contribution is 2.38. The summed E-state index contributed by atoms with van der Waals surface area (Å²) >= 11 is 0. The van der Waals surface area contributed by atoms with E-state index in [9.17, 15) is 18.0 Å². The van der Waals surface area contributed by atoms with Crippen molar-refractivity contribution >= 4 is 33.7 Å². The monoisotopic (exact) mass is 560 g/mol. The summed E-state index contributed by atoms with van der Waals surface area (Å²) in [4.78, 5) is 35.5. The third-order valence-corrected chi connectivity index (χ3v) is 8.01. The third-order valence-electron chi connectivity index (χ3n) is 6.78. The Morgan fingerprint density at radius 1 is 1.13 bits per heavy atom. The van der Waals surface area contributed by atoms with Crippen LogP contribution in [0.15, 0.2) is 41.6 Å². The first-order valence-electron chi connectivity index (χ1n) is 13.2. The third kappa shape index (κ3) is 8.04. The number of unbranched alkanes of at least 4 members (excludes halogenated alkanes) is 1. The highest BCUT2D eigenvalue weighted by molar-refractivity contribution is 7.90. The lowest BCUT2D eigenvalue weighted by Crippen LogP contribution is -2.43. The summed E-state index contributed by atoms with van der Waals surface area (Å²) in [5, 5.41) is 5.50. The number of hydrogen-bond donors (Lipinski definition) is 3. The molecule has 0 aliphatic carbocycles. The van der Waals surface area contributed by atoms with Crippen LogP contribution in [-0.2, 0) is 14.8 Å². The summed E-state index contributed by atoms with van der Waals surface area (Å²) in [6, 6.07) is 7.73. The molecule has 3 N–H and O–H groups in total. The minimum atomic E-state index is -4.23. The van der Waals surface area contributed by atoms with Gasteiger partial charge in [-0.2, -0.15) is 8.42 Å². The van der Waals surface area contributed by atoms with Gasteiger partial charge in [-0.1, -0.05) is 13.0 Å². The molecule has 0 spiro atoms. The second kappa shape index (κ2) is 12.2. The number of rotatable bonds is 10. The zero-order chi connectivity index (χ0) is 28.8. The molecule has 0 bridgehead atoms. The van der Waals surface area contributed by atoms with Crippen LogP contribution in [0.2, 0.25) is 0 Å². The van der Waals surface area contributed by atoms with Gasteiger partial charge in [0.25, 0.3) is 15.9 Å². The predicted octanol–water partition coefficient (Wildman–Crippen LogP) is 3.94. The van der Waals surface area contributed by atoms with Crippen LogP contribution in [0.3, 0.4) is 0 Å². The molecule has 3 rings (SSSR count). The van der Waals surface area contributed by atoms with Crippen molar-refractivity contribution in [2.24, 2.45) is 5.92 Å². The molecule has 214 valence electrons. The molecule has 1 saturated heterocycles. The summed E-state index contributed by atoms with van der Waals surface area (Å²) in [7, 11) is -4.23. The Labute approximate surface area is 231 Å². The lowest BCUT2D eigenvalue weighted by molar-refractivity contribution is 0.0527. The first-order chi connectivity index (χ1) is 18.2. The van der Waals surface area contributed by atoms with Gasteiger partial charge in [0.15, 0.2) is 5.03 Å². The molecule has 39 heavy (non-hydrogen) atoms. The molecule has 3 heterocycles. The molecule has 1 aliphatic rings. The number of anilines is 2. The van der Waals surface area contributed by atoms with Crippen molar-refractivity contribution in [3.05, 3.63) is 42.1 Å². The molecule has 12 heteroatoms. The van der Waals surface area contributed by atoms with Crippen LogP contribution in [0.5, 0.6) is 0 Å². The Kier molecular flexibility index (Phi) is 9.42. The number of hydrogen-bond acceptors (Lipinski definition) is 9. The van der Waals surface area contributed by atoms with Gasteiger partial charge in [0, 0.05) is 31.4 Å². The van der Waals surface area contributed by atoms with Crippen molar-refractivity contribution in [2.75, 3.05) is 29.9 Å². The number of ether oxygens (including phenoxy) is 1. The van der Waals surface area contributed by atoms with Crippen molar-refractivity contribution in [1.29, 1.82) is 0 Å². The molecule has 1 atom stereocenters. The summed E-state index contributed by atoms with van der Waals surface area (Å²) in [5.74, 6) is 0.454. The number of nitrogens with one attached hydrogen (secondary N) is 3. The second-order valence-corrected chi connectivity index (χ2v) is 12.9. The van der Waals surface area contributed by atoms with Crippen molar-refractivity contribution in [3.63, 3.8) is 0 Å². The van der Waals surface area contributed by atoms with Gasteiger partial charge in [-0.05, 0) is 84.1 Å². The fourth-order valence-corrected chi connectivity index (χ4v) is 5.20. The van der Waals surface area contributed by atoms with Crippen LogP contribution in [-0.4, -0.2) is 61.2 Å². The number of carbonyl (C=O) groups is 2. The van der Waals surface area contributed by atoms with Gasteiger partial charge >= 0.3 is 6.09 Å². The van der Waals surface area contributed by atoms with E-state index in [-0.39, 0.29) is 16.1 Å². The number of pyridine rings is 2. The van der Waals surface area contributed by atoms with Crippen molar-refractivity contribution in [2.45, 2.75) is 77.0 Å². The number of alkyl carbamates (subject to hydrolysis) is 1. The van der Waals surface area contributed by atoms with E-state index in [1.165, 1.54) is 6.07 Å². The standard InChI is InChI=1S/C27H40N6O5S/c1-19-14-18-33(27(19,5)6)23-20(11-10-17-29-23)24(34)32-39(36,37)22-13-9-12-21(31-22)28-15-7-8-16-30-25(35)38-26(2,3)4/h9-13,17,19H,7-8,14-16,18H2,1-6H3,(H,28,31)(H,30,35)(H,32,34). The lowest BCUT2D eigenvalue weighted by Gasteiger charge is -2.36. The van der Waals surface area contributed by atoms with E-state index in [1.807, 2.05) is 0 Å². The fourth-order valence-electron chi connectivity index (χ4n) is 4.26. The van der Waals surface area contributed by atoms with E-state index < -0.39 is 27.6 Å². The number of nitrogens with zero attached hydrogens (tertiary/aromatic N) is 3. The minimum absolute atomic E-state index is 0.192. The number of amides is 2. The zero-order valence-electron chi connectivity index (χ0n) is 23.6. The molecular formula is C27H40N6O5S. The summed E-state index contributed by atoms with van der Waals surface area (Å²) in [6.45, 7) is 13.4. The Hall–Kier alpha value is -3.41. The first kappa shape index (κ1) is 30.1. The van der Waals surface area contributed by atoms with Crippen LogP contribution >= 0.6 is 0 Å². The molecular weight excluding hydrogens is 520 g/mol. The quantitative estimate of drug-likeness (QED) is 0.368. The van der Waals surface area contributed by atoms with E-state index in [1.54, 1.807) is 51.2 Å². The van der Waals surface area contributed by atoms with E-state index in [2.05, 4.69) is 51.0 Å². The lowest BCUT2D eigenvalue weighted by atomic mass is 9.90. The Morgan fingerprint density at radius 2 is 1.85 bits per heavy atom. The van der Waals surface area contributed by atoms with Gasteiger partial charge in [-0.3, -0.25) is 4.79 Å². The Bertz CT molecular complexity index is 1280. The Morgan fingerprint density at radius 3 is 2.51 bits per heavy atom. The second-order valence-electron chi connectivity index (χ2n) is 11.2. The molecule has 2 amide bonds. The van der Waals surface area contributed by atoms with Crippen molar-refractivity contribution in [1.82, 2.24) is 20.0 Å². The van der Waals surface area contributed by atoms with Gasteiger partial charge < -0.3 is 20.3 Å². The summed E-state index contributed by atoms with van der Waals surface area (Å²) in [6.07, 6.45) is 3.49. The molecule has 1 aliphatic heterocycles. The smallest absolute Gasteiger partial charge is 0.407 e. The minimum Gasteiger partial charge on any atom is -0.444 e. The van der Waals surface area contributed by atoms with Crippen LogP contribution in [0.25, 0.3) is 0 Å². The van der Waals surface area contributed by atoms with E-state index in [0.717, 1.165) is 13.0 Å². The fraction of sp³-hybridized carbons (Fsp3) is 0.556. The van der Waals surface area contributed by atoms with Gasteiger partial charge in [0.2, 0.25) is 0 Å². The van der Waals surface area contributed by atoms with E-state index >= 15 is 0 Å². The highest BCUT2D eigenvalue weighted by Gasteiger charge is 2.40. The number of aromatic nitrogens is 2. The van der Waals surface area contributed by atoms with Crippen LogP contribution in [0.1, 0.15) is 71.2 Å². The van der Waals surface area contributed by atoms with E-state index in [4.69, 9.17) is 4.74 Å². The SMILES string of the molecule is CC1CCN(c2ncccc2C(=O)NS(=O)(=O)c2cccc(NCCCCNC(=O)OC(C)(C)C)n2)C1(C)C. The van der Waals surface area contributed by atoms with Crippen LogP contribution in [0, 0.1) is 5.92 Å². The molecule has 0 saturated carbocycles. The maximum atomic E-state index is 13.1. The molecule has 2 aromatic rings. The maximum absolute atomic E-state index is 13.1. The molecule has 1 unspecified atom stereocenters. The van der Waals surface area contributed by atoms with Gasteiger partial charge in [-0.15, -0.1) is 0 Å². The topological polar surface area (TPSA) is 143 Å². The molecule has 0 radical (unpaired) electrons. The Balaban J connectivity index is 1.58. The normalized spacial score (nSPS) is 17.0. The summed E-state index contributed by atoms with van der Waals surface area (Å²) in [5.41, 5.74) is -0.584. The van der Waals surface area contributed by atoms with E-state index in [0.29, 0.717) is 43.5 Å². The van der Waals surface area contributed by atoms with Gasteiger partial charge in [0.05, 0.1) is 5.56 Å². The maximum Gasteiger partial charge on any atom is 0.407 e. The van der Waals surface area contributed by atoms with Crippen LogP contribution < -0.4 is 20.3 Å². The van der Waals surface area contributed by atoms with Crippen molar-refractivity contribution in [3.8, 4) is 0 Å². The van der Waals surface area contributed by atoms with Gasteiger partial charge in [-0.25, -0.2) is 19.5 Å². The molecule has 2 aromatic heterocycles. The average molecular weight is 561 g/mol. The van der Waals surface area contributed by atoms with Gasteiger partial charge in [0.1, 0.15) is 17.2 Å². The van der Waals surface area contributed by atoms with Crippen molar-refractivity contribution < 1.29 is 22.7 Å². The zero-order valence-corrected chi connectivity index (χ0v) is 24.4.